The zero-order valence-corrected chi connectivity index (χ0v) is 10.3. The fraction of sp³-hybridized carbons (Fsp3) is 0.818. The standard InChI is InChI=1S/C11H20N2O4/c1-3-9-6-13(4-5-17-9)7-10(11(15)16)12-8(2)14/h9-10H,3-7H2,1-2H3,(H,12,14)(H,15,16). The number of morpholine rings is 1. The minimum atomic E-state index is -1.00. The van der Waals surface area contributed by atoms with Gasteiger partial charge in [-0.05, 0) is 6.42 Å². The van der Waals surface area contributed by atoms with E-state index in [2.05, 4.69) is 5.32 Å². The molecule has 98 valence electrons. The van der Waals surface area contributed by atoms with Crippen LogP contribution >= 0.6 is 0 Å². The van der Waals surface area contributed by atoms with Crippen LogP contribution in [0.3, 0.4) is 0 Å². The lowest BCUT2D eigenvalue weighted by Gasteiger charge is -2.33. The van der Waals surface area contributed by atoms with Gasteiger partial charge in [0, 0.05) is 26.6 Å². The Morgan fingerprint density at radius 3 is 2.82 bits per heavy atom. The van der Waals surface area contributed by atoms with Gasteiger partial charge in [0.2, 0.25) is 5.91 Å². The van der Waals surface area contributed by atoms with Gasteiger partial charge < -0.3 is 15.2 Å². The highest BCUT2D eigenvalue weighted by Crippen LogP contribution is 2.08. The van der Waals surface area contributed by atoms with E-state index in [1.54, 1.807) is 0 Å². The summed E-state index contributed by atoms with van der Waals surface area (Å²) in [6.07, 6.45) is 1.07. The summed E-state index contributed by atoms with van der Waals surface area (Å²) in [5.41, 5.74) is 0. The lowest BCUT2D eigenvalue weighted by molar-refractivity contribution is -0.142. The topological polar surface area (TPSA) is 78.9 Å². The molecule has 0 aromatic carbocycles. The molecule has 0 radical (unpaired) electrons. The Morgan fingerprint density at radius 2 is 2.29 bits per heavy atom. The first kappa shape index (κ1) is 13.9. The number of aliphatic carboxylic acids is 1. The van der Waals surface area contributed by atoms with Crippen LogP contribution in [0.5, 0.6) is 0 Å². The summed E-state index contributed by atoms with van der Waals surface area (Å²) in [5.74, 6) is -1.32. The number of amides is 1. The van der Waals surface area contributed by atoms with Crippen LogP contribution in [-0.4, -0.2) is 60.3 Å². The lowest BCUT2D eigenvalue weighted by Crippen LogP contribution is -2.52. The van der Waals surface area contributed by atoms with E-state index in [1.165, 1.54) is 6.92 Å². The van der Waals surface area contributed by atoms with Crippen LogP contribution in [0.15, 0.2) is 0 Å². The maximum absolute atomic E-state index is 11.0. The molecule has 1 aliphatic heterocycles. The largest absolute Gasteiger partial charge is 0.480 e. The molecule has 0 aliphatic carbocycles. The maximum Gasteiger partial charge on any atom is 0.327 e. The van der Waals surface area contributed by atoms with Crippen molar-refractivity contribution in [3.05, 3.63) is 0 Å². The van der Waals surface area contributed by atoms with Crippen molar-refractivity contribution in [2.45, 2.75) is 32.4 Å². The van der Waals surface area contributed by atoms with Gasteiger partial charge in [0.25, 0.3) is 0 Å². The number of carbonyl (C=O) groups excluding carboxylic acids is 1. The van der Waals surface area contributed by atoms with Crippen molar-refractivity contribution >= 4 is 11.9 Å². The molecular formula is C11H20N2O4. The number of carboxylic acid groups (broad SMARTS) is 1. The number of carboxylic acids is 1. The van der Waals surface area contributed by atoms with E-state index < -0.39 is 12.0 Å². The summed E-state index contributed by atoms with van der Waals surface area (Å²) >= 11 is 0. The first-order valence-electron chi connectivity index (χ1n) is 5.86. The van der Waals surface area contributed by atoms with Crippen LogP contribution in [-0.2, 0) is 14.3 Å². The van der Waals surface area contributed by atoms with Crippen molar-refractivity contribution < 1.29 is 19.4 Å². The van der Waals surface area contributed by atoms with E-state index in [0.717, 1.165) is 13.0 Å². The summed E-state index contributed by atoms with van der Waals surface area (Å²) in [6.45, 7) is 5.74. The monoisotopic (exact) mass is 244 g/mol. The molecule has 2 unspecified atom stereocenters. The zero-order chi connectivity index (χ0) is 12.8. The Kier molecular flexibility index (Phi) is 5.37. The molecule has 1 aliphatic rings. The van der Waals surface area contributed by atoms with E-state index in [-0.39, 0.29) is 12.0 Å². The molecule has 2 atom stereocenters. The molecule has 0 spiro atoms. The first-order valence-corrected chi connectivity index (χ1v) is 5.86. The Bertz CT molecular complexity index is 283. The fourth-order valence-corrected chi connectivity index (χ4v) is 1.88. The summed E-state index contributed by atoms with van der Waals surface area (Å²) in [7, 11) is 0. The molecule has 1 amide bonds. The highest BCUT2D eigenvalue weighted by molar-refractivity contribution is 5.82. The fourth-order valence-electron chi connectivity index (χ4n) is 1.88. The van der Waals surface area contributed by atoms with Gasteiger partial charge in [-0.3, -0.25) is 9.69 Å². The average Bonchev–Trinajstić information content (AvgIpc) is 2.27. The van der Waals surface area contributed by atoms with Gasteiger partial charge in [0.15, 0.2) is 0 Å². The molecule has 6 heteroatoms. The molecule has 1 heterocycles. The molecule has 1 saturated heterocycles. The summed E-state index contributed by atoms with van der Waals surface area (Å²) < 4.78 is 5.50. The minimum Gasteiger partial charge on any atom is -0.480 e. The number of carbonyl (C=O) groups is 2. The molecule has 6 nitrogen and oxygen atoms in total. The van der Waals surface area contributed by atoms with Crippen LogP contribution in [0.25, 0.3) is 0 Å². The highest BCUT2D eigenvalue weighted by Gasteiger charge is 2.25. The molecule has 1 rings (SSSR count). The third kappa shape index (κ3) is 4.70. The Hall–Kier alpha value is -1.14. The SMILES string of the molecule is CCC1CN(CC(NC(C)=O)C(=O)O)CCO1. The van der Waals surface area contributed by atoms with E-state index in [4.69, 9.17) is 9.84 Å². The van der Waals surface area contributed by atoms with Crippen molar-refractivity contribution in [3.63, 3.8) is 0 Å². The minimum absolute atomic E-state index is 0.163. The van der Waals surface area contributed by atoms with Crippen molar-refractivity contribution in [1.82, 2.24) is 10.2 Å². The van der Waals surface area contributed by atoms with Crippen molar-refractivity contribution in [1.29, 1.82) is 0 Å². The van der Waals surface area contributed by atoms with Crippen molar-refractivity contribution in [3.8, 4) is 0 Å². The Balaban J connectivity index is 2.48. The number of hydrogen-bond acceptors (Lipinski definition) is 4. The second-order valence-electron chi connectivity index (χ2n) is 4.25. The van der Waals surface area contributed by atoms with Crippen LogP contribution in [0.2, 0.25) is 0 Å². The molecule has 0 aromatic heterocycles. The van der Waals surface area contributed by atoms with E-state index in [1.807, 2.05) is 11.8 Å². The van der Waals surface area contributed by atoms with Crippen LogP contribution < -0.4 is 5.32 Å². The smallest absolute Gasteiger partial charge is 0.327 e. The number of nitrogens with one attached hydrogen (secondary N) is 1. The normalized spacial score (nSPS) is 23.1. The number of hydrogen-bond donors (Lipinski definition) is 2. The van der Waals surface area contributed by atoms with E-state index >= 15 is 0 Å². The van der Waals surface area contributed by atoms with Crippen LogP contribution in [0.1, 0.15) is 20.3 Å². The van der Waals surface area contributed by atoms with E-state index in [0.29, 0.717) is 19.7 Å². The molecule has 17 heavy (non-hydrogen) atoms. The highest BCUT2D eigenvalue weighted by atomic mass is 16.5. The van der Waals surface area contributed by atoms with Crippen molar-refractivity contribution in [2.24, 2.45) is 0 Å². The quantitative estimate of drug-likeness (QED) is 0.693. The van der Waals surface area contributed by atoms with Gasteiger partial charge in [-0.1, -0.05) is 6.92 Å². The Morgan fingerprint density at radius 1 is 1.59 bits per heavy atom. The molecule has 0 bridgehead atoms. The maximum atomic E-state index is 11.0. The van der Waals surface area contributed by atoms with Gasteiger partial charge in [-0.25, -0.2) is 4.79 Å². The summed E-state index contributed by atoms with van der Waals surface area (Å²) in [4.78, 5) is 23.9. The third-order valence-electron chi connectivity index (χ3n) is 2.79. The second kappa shape index (κ2) is 6.56. The predicted molar refractivity (Wildman–Crippen MR) is 61.7 cm³/mol. The average molecular weight is 244 g/mol. The summed E-state index contributed by atoms with van der Waals surface area (Å²) in [5, 5.41) is 11.4. The molecular weight excluding hydrogens is 224 g/mol. The third-order valence-corrected chi connectivity index (χ3v) is 2.79. The number of rotatable bonds is 5. The summed E-state index contributed by atoms with van der Waals surface area (Å²) in [6, 6.07) is -0.844. The predicted octanol–water partition coefficient (Wildman–Crippen LogP) is -0.313. The van der Waals surface area contributed by atoms with Gasteiger partial charge in [-0.2, -0.15) is 0 Å². The Labute approximate surface area is 101 Å². The zero-order valence-electron chi connectivity index (χ0n) is 10.3. The lowest BCUT2D eigenvalue weighted by atomic mass is 10.2. The van der Waals surface area contributed by atoms with Crippen LogP contribution in [0, 0.1) is 0 Å². The number of ether oxygens (including phenoxy) is 1. The second-order valence-corrected chi connectivity index (χ2v) is 4.25. The van der Waals surface area contributed by atoms with Gasteiger partial charge in [0.05, 0.1) is 12.7 Å². The molecule has 2 N–H and O–H groups in total. The van der Waals surface area contributed by atoms with E-state index in [9.17, 15) is 9.59 Å². The molecule has 1 fully saturated rings. The van der Waals surface area contributed by atoms with Gasteiger partial charge in [0.1, 0.15) is 6.04 Å². The van der Waals surface area contributed by atoms with Gasteiger partial charge >= 0.3 is 5.97 Å². The van der Waals surface area contributed by atoms with Gasteiger partial charge in [-0.15, -0.1) is 0 Å². The molecule has 0 aromatic rings. The van der Waals surface area contributed by atoms with Crippen molar-refractivity contribution in [2.75, 3.05) is 26.2 Å². The first-order chi connectivity index (χ1) is 8.02. The molecule has 0 saturated carbocycles. The van der Waals surface area contributed by atoms with Crippen LogP contribution in [0.4, 0.5) is 0 Å². The number of nitrogens with zero attached hydrogens (tertiary/aromatic N) is 1.